The number of aliphatic hydroxyl groups excluding tert-OH is 1. The van der Waals surface area contributed by atoms with Gasteiger partial charge in [0, 0.05) is 1.37 Å². The van der Waals surface area contributed by atoms with Crippen molar-refractivity contribution in [2.24, 2.45) is 0 Å². The molecule has 0 bridgehead atoms. The maximum Gasteiger partial charge on any atom is 0.181 e. The van der Waals surface area contributed by atoms with Crippen molar-refractivity contribution in [3.05, 3.63) is 29.8 Å². The molecule has 4 heteroatoms. The molecular weight excluding hydrogens is 272 g/mol. The maximum absolute atomic E-state index is 12.7. The molecule has 0 aromatic heterocycles. The van der Waals surface area contributed by atoms with Crippen molar-refractivity contribution in [1.29, 1.82) is 0 Å². The van der Waals surface area contributed by atoms with Gasteiger partial charge in [-0.1, -0.05) is 32.9 Å². The molecule has 0 radical (unpaired) electrons. The highest BCUT2D eigenvalue weighted by molar-refractivity contribution is 7.92. The number of aliphatic hydroxyl groups is 1. The Morgan fingerprint density at radius 1 is 1.20 bits per heavy atom. The number of hydrogen-bond acceptors (Lipinski definition) is 3. The summed E-state index contributed by atoms with van der Waals surface area (Å²) in [6, 6.07) is 6.81. The van der Waals surface area contributed by atoms with Crippen LogP contribution < -0.4 is 0 Å². The first-order valence-corrected chi connectivity index (χ1v) is 8.58. The molecule has 0 heterocycles. The van der Waals surface area contributed by atoms with Crippen molar-refractivity contribution >= 4 is 9.84 Å². The Balaban J connectivity index is 2.36. The molecule has 2 rings (SSSR count). The minimum absolute atomic E-state index is 0.00362. The third kappa shape index (κ3) is 3.23. The van der Waals surface area contributed by atoms with Crippen molar-refractivity contribution in [3.8, 4) is 0 Å². The lowest BCUT2D eigenvalue weighted by atomic mass is 9.87. The van der Waals surface area contributed by atoms with E-state index in [1.165, 1.54) is 0 Å². The normalized spacial score (nSPS) is 29.0. The van der Waals surface area contributed by atoms with E-state index in [-0.39, 0.29) is 23.2 Å². The van der Waals surface area contributed by atoms with E-state index in [4.69, 9.17) is 1.37 Å². The standard InChI is InChI=1S/C16H24O3S/c1-16(2,3)12-7-9-14(10-8-12)20(18,19)15-6-4-5-13(17)11-15/h7-10,13,15,17H,4-6,11H2,1-3H3/t13-,15-/m0/s1/i15D. The van der Waals surface area contributed by atoms with Crippen LogP contribution in [-0.4, -0.2) is 24.9 Å². The third-order valence-electron chi connectivity index (χ3n) is 3.87. The molecule has 1 aliphatic rings. The monoisotopic (exact) mass is 297 g/mol. The quantitative estimate of drug-likeness (QED) is 0.912. The molecule has 1 fully saturated rings. The van der Waals surface area contributed by atoms with Crippen LogP contribution in [0.2, 0.25) is 0 Å². The van der Waals surface area contributed by atoms with Crippen molar-refractivity contribution < 1.29 is 14.9 Å². The summed E-state index contributed by atoms with van der Waals surface area (Å²) in [4.78, 5) is 0.180. The molecule has 2 atom stereocenters. The van der Waals surface area contributed by atoms with Crippen molar-refractivity contribution in [1.82, 2.24) is 0 Å². The fourth-order valence-electron chi connectivity index (χ4n) is 2.55. The second-order valence-electron chi connectivity index (χ2n) is 6.57. The largest absolute Gasteiger partial charge is 0.393 e. The fraction of sp³-hybridized carbons (Fsp3) is 0.625. The molecule has 0 spiro atoms. The molecule has 0 amide bonds. The smallest absolute Gasteiger partial charge is 0.181 e. The summed E-state index contributed by atoms with van der Waals surface area (Å²) >= 11 is 0. The summed E-state index contributed by atoms with van der Waals surface area (Å²) in [5.74, 6) is 0. The van der Waals surface area contributed by atoms with E-state index in [9.17, 15) is 13.5 Å². The molecule has 1 N–H and O–H groups in total. The van der Waals surface area contributed by atoms with E-state index < -0.39 is 21.2 Å². The number of hydrogen-bond donors (Lipinski definition) is 1. The minimum atomic E-state index is -3.75. The Hall–Kier alpha value is -0.870. The topological polar surface area (TPSA) is 54.4 Å². The SMILES string of the molecule is [2H][C@]1(S(=O)(=O)c2ccc(C(C)(C)C)cc2)CCC[C@H](O)C1. The summed E-state index contributed by atoms with van der Waals surface area (Å²) in [5.41, 5.74) is 1.02. The van der Waals surface area contributed by atoms with Gasteiger partial charge in [0.2, 0.25) is 0 Å². The Bertz CT molecular complexity index is 601. The summed E-state index contributed by atoms with van der Waals surface area (Å²) in [6.45, 7) is 6.21. The first-order chi connectivity index (χ1) is 9.56. The maximum atomic E-state index is 12.7. The lowest BCUT2D eigenvalue weighted by molar-refractivity contribution is 0.131. The molecule has 20 heavy (non-hydrogen) atoms. The van der Waals surface area contributed by atoms with Gasteiger partial charge in [-0.15, -0.1) is 0 Å². The molecule has 1 aromatic rings. The lowest BCUT2D eigenvalue weighted by Crippen LogP contribution is -2.30. The molecule has 1 aromatic carbocycles. The highest BCUT2D eigenvalue weighted by Crippen LogP contribution is 2.30. The predicted molar refractivity (Wildman–Crippen MR) is 80.6 cm³/mol. The summed E-state index contributed by atoms with van der Waals surface area (Å²) in [6.07, 6.45) is 0.743. The van der Waals surface area contributed by atoms with E-state index in [0.717, 1.165) is 5.56 Å². The second kappa shape index (κ2) is 5.49. The van der Waals surface area contributed by atoms with Gasteiger partial charge in [-0.3, -0.25) is 0 Å². The van der Waals surface area contributed by atoms with Crippen LogP contribution in [0, 0.1) is 0 Å². The van der Waals surface area contributed by atoms with E-state index in [0.29, 0.717) is 12.8 Å². The van der Waals surface area contributed by atoms with E-state index >= 15 is 0 Å². The van der Waals surface area contributed by atoms with Gasteiger partial charge in [0.25, 0.3) is 0 Å². The first kappa shape index (κ1) is 14.1. The molecule has 1 saturated carbocycles. The summed E-state index contributed by atoms with van der Waals surface area (Å²) in [7, 11) is -3.75. The fourth-order valence-corrected chi connectivity index (χ4v) is 4.20. The van der Waals surface area contributed by atoms with Crippen LogP contribution in [0.1, 0.15) is 53.4 Å². The Labute approximate surface area is 123 Å². The van der Waals surface area contributed by atoms with E-state index in [1.54, 1.807) is 12.1 Å². The lowest BCUT2D eigenvalue weighted by Gasteiger charge is -2.26. The Kier molecular flexibility index (Phi) is 3.87. The van der Waals surface area contributed by atoms with Crippen LogP contribution >= 0.6 is 0 Å². The van der Waals surface area contributed by atoms with Crippen LogP contribution in [0.4, 0.5) is 0 Å². The highest BCUT2D eigenvalue weighted by atomic mass is 32.2. The van der Waals surface area contributed by atoms with E-state index in [1.807, 2.05) is 12.1 Å². The number of benzene rings is 1. The summed E-state index contributed by atoms with van der Waals surface area (Å²) in [5, 5.41) is 8.12. The molecule has 112 valence electrons. The van der Waals surface area contributed by atoms with Crippen LogP contribution in [-0.2, 0) is 15.3 Å². The van der Waals surface area contributed by atoms with Gasteiger partial charge in [-0.05, 0) is 48.8 Å². The summed E-state index contributed by atoms with van der Waals surface area (Å²) < 4.78 is 33.8. The van der Waals surface area contributed by atoms with Crippen molar-refractivity contribution in [2.75, 3.05) is 0 Å². The Morgan fingerprint density at radius 3 is 2.30 bits per heavy atom. The molecular formula is C16H24O3S. The van der Waals surface area contributed by atoms with Crippen molar-refractivity contribution in [2.45, 2.75) is 68.1 Å². The molecule has 3 nitrogen and oxygen atoms in total. The number of rotatable bonds is 2. The zero-order valence-electron chi connectivity index (χ0n) is 13.4. The zero-order chi connectivity index (χ0) is 15.9. The van der Waals surface area contributed by atoms with Gasteiger partial charge in [-0.2, -0.15) is 0 Å². The van der Waals surface area contributed by atoms with Gasteiger partial charge in [0.1, 0.15) is 0 Å². The van der Waals surface area contributed by atoms with Crippen LogP contribution in [0.15, 0.2) is 29.2 Å². The molecule has 0 saturated heterocycles. The minimum Gasteiger partial charge on any atom is -0.393 e. The van der Waals surface area contributed by atoms with Gasteiger partial charge in [0.15, 0.2) is 9.84 Å². The van der Waals surface area contributed by atoms with Gasteiger partial charge in [-0.25, -0.2) is 8.42 Å². The van der Waals surface area contributed by atoms with Crippen LogP contribution in [0.25, 0.3) is 0 Å². The Morgan fingerprint density at radius 2 is 1.80 bits per heavy atom. The highest BCUT2D eigenvalue weighted by Gasteiger charge is 2.32. The zero-order valence-corrected chi connectivity index (χ0v) is 13.2. The van der Waals surface area contributed by atoms with E-state index in [2.05, 4.69) is 20.8 Å². The van der Waals surface area contributed by atoms with Gasteiger partial charge in [0.05, 0.1) is 16.2 Å². The first-order valence-electron chi connectivity index (χ1n) is 7.59. The molecule has 0 unspecified atom stereocenters. The second-order valence-corrected chi connectivity index (χ2v) is 8.62. The van der Waals surface area contributed by atoms with Crippen molar-refractivity contribution in [3.63, 3.8) is 0 Å². The average molecular weight is 297 g/mol. The van der Waals surface area contributed by atoms with Crippen LogP contribution in [0.3, 0.4) is 0 Å². The number of sulfone groups is 1. The van der Waals surface area contributed by atoms with Crippen LogP contribution in [0.5, 0.6) is 0 Å². The average Bonchev–Trinajstić information content (AvgIpc) is 2.37. The molecule has 0 aliphatic heterocycles. The van der Waals surface area contributed by atoms with Gasteiger partial charge < -0.3 is 5.11 Å². The van der Waals surface area contributed by atoms with Gasteiger partial charge >= 0.3 is 0 Å². The molecule has 1 aliphatic carbocycles. The predicted octanol–water partition coefficient (Wildman–Crippen LogP) is 3.06. The third-order valence-corrected chi connectivity index (χ3v) is 5.89.